The summed E-state index contributed by atoms with van der Waals surface area (Å²) in [5.74, 6) is -0.113. The van der Waals surface area contributed by atoms with Crippen LogP contribution in [0.15, 0.2) is 18.2 Å². The zero-order chi connectivity index (χ0) is 15.3. The Kier molecular flexibility index (Phi) is 5.01. The van der Waals surface area contributed by atoms with Gasteiger partial charge in [0.2, 0.25) is 0 Å². The van der Waals surface area contributed by atoms with Gasteiger partial charge in [0.25, 0.3) is 5.91 Å². The van der Waals surface area contributed by atoms with E-state index in [2.05, 4.69) is 11.4 Å². The first-order chi connectivity index (χ1) is 10.1. The smallest absolute Gasteiger partial charge is 0.252 e. The highest BCUT2D eigenvalue weighted by molar-refractivity contribution is 5.96. The van der Waals surface area contributed by atoms with E-state index in [1.54, 1.807) is 0 Å². The summed E-state index contributed by atoms with van der Waals surface area (Å²) in [5.41, 5.74) is 2.02. The summed E-state index contributed by atoms with van der Waals surface area (Å²) in [6.45, 7) is 3.91. The predicted octanol–water partition coefficient (Wildman–Crippen LogP) is 4.04. The number of carbonyl (C=O) groups excluding carboxylic acids is 1. The number of aryl methyl sites for hydroxylation is 2. The lowest BCUT2D eigenvalue weighted by Crippen LogP contribution is -2.48. The molecule has 2 rings (SSSR count). The minimum Gasteiger partial charge on any atom is -0.334 e. The van der Waals surface area contributed by atoms with E-state index in [0.717, 1.165) is 49.7 Å². The zero-order valence-corrected chi connectivity index (χ0v) is 13.0. The summed E-state index contributed by atoms with van der Waals surface area (Å²) in [6.07, 6.45) is 7.11. The molecule has 0 atom stereocenters. The van der Waals surface area contributed by atoms with Crippen molar-refractivity contribution < 1.29 is 4.79 Å². The van der Waals surface area contributed by atoms with E-state index in [1.165, 1.54) is 6.42 Å². The van der Waals surface area contributed by atoms with Crippen molar-refractivity contribution in [2.45, 2.75) is 64.3 Å². The summed E-state index contributed by atoms with van der Waals surface area (Å²) in [4.78, 5) is 12.6. The van der Waals surface area contributed by atoms with Crippen LogP contribution in [0.3, 0.4) is 0 Å². The number of amides is 1. The third kappa shape index (κ3) is 3.85. The second-order valence-corrected chi connectivity index (χ2v) is 6.23. The fraction of sp³-hybridized carbons (Fsp3) is 0.556. The highest BCUT2D eigenvalue weighted by Gasteiger charge is 2.32. The highest BCUT2D eigenvalue weighted by atomic mass is 16.1. The number of nitrogens with zero attached hydrogens (tertiary/aromatic N) is 1. The Morgan fingerprint density at radius 1 is 1.14 bits per heavy atom. The van der Waals surface area contributed by atoms with Crippen LogP contribution in [0.2, 0.25) is 0 Å². The average Bonchev–Trinajstić information content (AvgIpc) is 2.44. The molecule has 1 aromatic carbocycles. The van der Waals surface area contributed by atoms with Crippen LogP contribution in [0, 0.1) is 25.2 Å². The molecule has 3 nitrogen and oxygen atoms in total. The van der Waals surface area contributed by atoms with Gasteiger partial charge in [0, 0.05) is 5.56 Å². The Morgan fingerprint density at radius 3 is 2.38 bits per heavy atom. The average molecular weight is 284 g/mol. The molecule has 0 bridgehead atoms. The molecule has 0 aliphatic heterocycles. The molecular formula is C18H24N2O. The Morgan fingerprint density at radius 2 is 1.76 bits per heavy atom. The first kappa shape index (κ1) is 15.6. The second kappa shape index (κ2) is 6.76. The number of benzene rings is 1. The topological polar surface area (TPSA) is 52.9 Å². The van der Waals surface area contributed by atoms with Crippen LogP contribution < -0.4 is 5.32 Å². The first-order valence-corrected chi connectivity index (χ1v) is 7.87. The van der Waals surface area contributed by atoms with E-state index >= 15 is 0 Å². The summed E-state index contributed by atoms with van der Waals surface area (Å²) < 4.78 is 0. The van der Waals surface area contributed by atoms with E-state index < -0.39 is 5.54 Å². The maximum Gasteiger partial charge on any atom is 0.252 e. The molecule has 1 N–H and O–H groups in total. The Bertz CT molecular complexity index is 549. The fourth-order valence-corrected chi connectivity index (χ4v) is 3.04. The number of nitriles is 1. The molecule has 0 aromatic heterocycles. The highest BCUT2D eigenvalue weighted by Crippen LogP contribution is 2.26. The summed E-state index contributed by atoms with van der Waals surface area (Å²) in [7, 11) is 0. The van der Waals surface area contributed by atoms with E-state index in [0.29, 0.717) is 5.56 Å². The summed E-state index contributed by atoms with van der Waals surface area (Å²) in [5, 5.41) is 12.6. The second-order valence-electron chi connectivity index (χ2n) is 6.23. The molecule has 112 valence electrons. The Labute approximate surface area is 127 Å². The molecule has 1 aliphatic carbocycles. The third-order valence-corrected chi connectivity index (χ3v) is 4.41. The van der Waals surface area contributed by atoms with Gasteiger partial charge in [0.15, 0.2) is 0 Å². The number of nitrogens with one attached hydrogen (secondary N) is 1. The predicted molar refractivity (Wildman–Crippen MR) is 84.0 cm³/mol. The minimum absolute atomic E-state index is 0.113. The van der Waals surface area contributed by atoms with E-state index in [4.69, 9.17) is 0 Å². The number of hydrogen-bond donors (Lipinski definition) is 1. The molecule has 0 unspecified atom stereocenters. The van der Waals surface area contributed by atoms with Crippen LogP contribution >= 0.6 is 0 Å². The van der Waals surface area contributed by atoms with Crippen LogP contribution in [0.4, 0.5) is 0 Å². The molecule has 0 saturated heterocycles. The van der Waals surface area contributed by atoms with Crippen molar-refractivity contribution in [1.82, 2.24) is 5.32 Å². The van der Waals surface area contributed by atoms with Crippen molar-refractivity contribution in [2.75, 3.05) is 0 Å². The van der Waals surface area contributed by atoms with Crippen LogP contribution in [-0.2, 0) is 0 Å². The van der Waals surface area contributed by atoms with Gasteiger partial charge in [-0.05, 0) is 38.3 Å². The monoisotopic (exact) mass is 284 g/mol. The third-order valence-electron chi connectivity index (χ3n) is 4.41. The Hall–Kier alpha value is -1.82. The molecule has 1 aromatic rings. The van der Waals surface area contributed by atoms with Gasteiger partial charge in [-0.15, -0.1) is 0 Å². The van der Waals surface area contributed by atoms with Crippen LogP contribution in [0.5, 0.6) is 0 Å². The number of carbonyl (C=O) groups is 1. The largest absolute Gasteiger partial charge is 0.334 e. The first-order valence-electron chi connectivity index (χ1n) is 7.87. The zero-order valence-electron chi connectivity index (χ0n) is 13.0. The summed E-state index contributed by atoms with van der Waals surface area (Å²) >= 11 is 0. The quantitative estimate of drug-likeness (QED) is 0.891. The Balaban J connectivity index is 2.18. The van der Waals surface area contributed by atoms with Crippen molar-refractivity contribution in [3.63, 3.8) is 0 Å². The van der Waals surface area contributed by atoms with E-state index in [9.17, 15) is 10.1 Å². The van der Waals surface area contributed by atoms with Crippen LogP contribution in [-0.4, -0.2) is 11.4 Å². The van der Waals surface area contributed by atoms with Crippen LogP contribution in [0.1, 0.15) is 66.4 Å². The van der Waals surface area contributed by atoms with Crippen molar-refractivity contribution in [3.05, 3.63) is 34.9 Å². The molecule has 1 amide bonds. The molecule has 1 saturated carbocycles. The molecule has 3 heteroatoms. The molecule has 0 spiro atoms. The van der Waals surface area contributed by atoms with E-state index in [-0.39, 0.29) is 5.91 Å². The lowest BCUT2D eigenvalue weighted by molar-refractivity contribution is 0.0907. The molecule has 0 radical (unpaired) electrons. The van der Waals surface area contributed by atoms with Gasteiger partial charge in [0.1, 0.15) is 5.54 Å². The maximum atomic E-state index is 12.6. The number of hydrogen-bond acceptors (Lipinski definition) is 2. The normalized spacial score (nSPS) is 18.1. The molecule has 1 fully saturated rings. The number of rotatable bonds is 2. The SMILES string of the molecule is Cc1ccc(C)c(C(=O)NC2(C#N)CCCCCCC2)c1. The molecule has 1 aliphatic rings. The lowest BCUT2D eigenvalue weighted by Gasteiger charge is -2.30. The van der Waals surface area contributed by atoms with Crippen molar-refractivity contribution in [1.29, 1.82) is 5.26 Å². The van der Waals surface area contributed by atoms with Gasteiger partial charge in [-0.3, -0.25) is 4.79 Å². The molecular weight excluding hydrogens is 260 g/mol. The van der Waals surface area contributed by atoms with Crippen molar-refractivity contribution in [2.24, 2.45) is 0 Å². The standard InChI is InChI=1S/C18H24N2O/c1-14-8-9-15(2)16(12-14)17(21)20-18(13-19)10-6-4-3-5-7-11-18/h8-9,12H,3-7,10-11H2,1-2H3,(H,20,21). The maximum absolute atomic E-state index is 12.6. The lowest BCUT2D eigenvalue weighted by atomic mass is 9.84. The van der Waals surface area contributed by atoms with Crippen molar-refractivity contribution >= 4 is 5.91 Å². The van der Waals surface area contributed by atoms with E-state index in [1.807, 2.05) is 32.0 Å². The van der Waals surface area contributed by atoms with Crippen molar-refractivity contribution in [3.8, 4) is 6.07 Å². The molecule has 21 heavy (non-hydrogen) atoms. The minimum atomic E-state index is -0.687. The molecule has 0 heterocycles. The van der Waals surface area contributed by atoms with Gasteiger partial charge in [-0.25, -0.2) is 0 Å². The van der Waals surface area contributed by atoms with Gasteiger partial charge >= 0.3 is 0 Å². The van der Waals surface area contributed by atoms with Crippen LogP contribution in [0.25, 0.3) is 0 Å². The fourth-order valence-electron chi connectivity index (χ4n) is 3.04. The van der Waals surface area contributed by atoms with Gasteiger partial charge in [-0.2, -0.15) is 5.26 Å². The van der Waals surface area contributed by atoms with Gasteiger partial charge < -0.3 is 5.32 Å². The van der Waals surface area contributed by atoms with Gasteiger partial charge in [-0.1, -0.05) is 49.8 Å². The van der Waals surface area contributed by atoms with Gasteiger partial charge in [0.05, 0.1) is 6.07 Å². The summed E-state index contributed by atoms with van der Waals surface area (Å²) in [6, 6.07) is 8.25.